The van der Waals surface area contributed by atoms with Crippen LogP contribution in [0, 0.1) is 0 Å². The lowest BCUT2D eigenvalue weighted by atomic mass is 9.97. The third kappa shape index (κ3) is 6.06. The van der Waals surface area contributed by atoms with Gasteiger partial charge in [-0.2, -0.15) is 0 Å². The quantitative estimate of drug-likeness (QED) is 0.664. The van der Waals surface area contributed by atoms with Crippen LogP contribution in [0.1, 0.15) is 51.3 Å². The number of hydrogen-bond donors (Lipinski definition) is 1. The van der Waals surface area contributed by atoms with E-state index in [1.807, 2.05) is 35.7 Å². The van der Waals surface area contributed by atoms with Gasteiger partial charge in [0.05, 0.1) is 11.2 Å². The molecule has 172 valence electrons. The van der Waals surface area contributed by atoms with Crippen molar-refractivity contribution < 1.29 is 23.9 Å². The number of rotatable bonds is 6. The number of likely N-dealkylation sites (tertiary alicyclic amines) is 1. The molecule has 2 heterocycles. The van der Waals surface area contributed by atoms with Crippen LogP contribution in [0.15, 0.2) is 41.2 Å². The topological polar surface area (TPSA) is 97.8 Å². The van der Waals surface area contributed by atoms with Crippen molar-refractivity contribution in [3.8, 4) is 0 Å². The summed E-state index contributed by atoms with van der Waals surface area (Å²) in [5.41, 5.74) is 2.65. The van der Waals surface area contributed by atoms with Crippen molar-refractivity contribution in [3.05, 3.63) is 52.5 Å². The maximum absolute atomic E-state index is 13.2. The van der Waals surface area contributed by atoms with Crippen LogP contribution in [0.25, 0.3) is 0 Å². The van der Waals surface area contributed by atoms with E-state index in [1.54, 1.807) is 33.2 Å². The molecule has 1 aromatic heterocycles. The molecule has 9 heteroatoms. The molecule has 0 radical (unpaired) electrons. The maximum Gasteiger partial charge on any atom is 0.408 e. The SMILES string of the molecule is C[C@H](NC(=O)OC(C)(C)C)C(=O)N1CCC(c2cscn2)[C@H]1C(=O)OCc1ccccc1. The Morgan fingerprint density at radius 3 is 2.59 bits per heavy atom. The van der Waals surface area contributed by atoms with Crippen molar-refractivity contribution in [3.63, 3.8) is 0 Å². The van der Waals surface area contributed by atoms with E-state index in [0.717, 1.165) is 11.3 Å². The molecule has 3 rings (SSSR count). The van der Waals surface area contributed by atoms with Crippen molar-refractivity contribution in [1.82, 2.24) is 15.2 Å². The summed E-state index contributed by atoms with van der Waals surface area (Å²) in [6.45, 7) is 7.30. The lowest BCUT2D eigenvalue weighted by Crippen LogP contribution is -2.52. The van der Waals surface area contributed by atoms with Crippen molar-refractivity contribution in [2.75, 3.05) is 6.54 Å². The monoisotopic (exact) mass is 459 g/mol. The molecule has 0 aliphatic carbocycles. The first-order valence-corrected chi connectivity index (χ1v) is 11.5. The first kappa shape index (κ1) is 23.7. The highest BCUT2D eigenvalue weighted by molar-refractivity contribution is 7.07. The number of alkyl carbamates (subject to hydrolysis) is 1. The summed E-state index contributed by atoms with van der Waals surface area (Å²) in [5.74, 6) is -1.11. The molecule has 1 aliphatic heterocycles. The number of nitrogens with one attached hydrogen (secondary N) is 1. The van der Waals surface area contributed by atoms with Gasteiger partial charge in [0.1, 0.15) is 24.3 Å². The summed E-state index contributed by atoms with van der Waals surface area (Å²) in [7, 11) is 0. The van der Waals surface area contributed by atoms with E-state index in [0.29, 0.717) is 13.0 Å². The van der Waals surface area contributed by atoms with Crippen molar-refractivity contribution in [2.45, 2.75) is 64.3 Å². The van der Waals surface area contributed by atoms with Crippen LogP contribution in [0.2, 0.25) is 0 Å². The van der Waals surface area contributed by atoms with Crippen LogP contribution >= 0.6 is 11.3 Å². The fourth-order valence-electron chi connectivity index (χ4n) is 3.65. The number of aromatic nitrogens is 1. The van der Waals surface area contributed by atoms with Gasteiger partial charge in [-0.1, -0.05) is 30.3 Å². The van der Waals surface area contributed by atoms with Crippen molar-refractivity contribution in [2.24, 2.45) is 0 Å². The summed E-state index contributed by atoms with van der Waals surface area (Å²) < 4.78 is 10.8. The van der Waals surface area contributed by atoms with E-state index in [9.17, 15) is 14.4 Å². The van der Waals surface area contributed by atoms with Gasteiger partial charge in [-0.3, -0.25) is 4.79 Å². The number of nitrogens with zero attached hydrogens (tertiary/aromatic N) is 2. The van der Waals surface area contributed by atoms with Crippen LogP contribution in [0.4, 0.5) is 4.79 Å². The van der Waals surface area contributed by atoms with Crippen LogP contribution in [-0.2, 0) is 25.7 Å². The van der Waals surface area contributed by atoms with Crippen LogP contribution in [-0.4, -0.2) is 52.1 Å². The molecule has 1 saturated heterocycles. The zero-order valence-corrected chi connectivity index (χ0v) is 19.6. The standard InChI is InChI=1S/C23H29N3O5S/c1-15(25-22(29)31-23(2,3)4)20(27)26-11-10-17(18-13-32-14-24-18)19(26)21(28)30-12-16-8-6-5-7-9-16/h5-9,13-15,17,19H,10-12H2,1-4H3,(H,25,29)/t15-,17?,19-/m0/s1. The van der Waals surface area contributed by atoms with E-state index in [2.05, 4.69) is 10.3 Å². The van der Waals surface area contributed by atoms with Gasteiger partial charge in [0.2, 0.25) is 5.91 Å². The molecule has 1 unspecified atom stereocenters. The summed E-state index contributed by atoms with van der Waals surface area (Å²) in [4.78, 5) is 44.3. The van der Waals surface area contributed by atoms with Crippen LogP contribution in [0.3, 0.4) is 0 Å². The summed E-state index contributed by atoms with van der Waals surface area (Å²) in [5, 5.41) is 4.45. The highest BCUT2D eigenvalue weighted by Crippen LogP contribution is 2.34. The molecule has 32 heavy (non-hydrogen) atoms. The van der Waals surface area contributed by atoms with Gasteiger partial charge >= 0.3 is 12.1 Å². The Labute approximate surface area is 191 Å². The number of esters is 1. The minimum atomic E-state index is -0.858. The van der Waals surface area contributed by atoms with Gasteiger partial charge in [0.25, 0.3) is 0 Å². The largest absolute Gasteiger partial charge is 0.459 e. The zero-order valence-electron chi connectivity index (χ0n) is 18.7. The molecule has 8 nitrogen and oxygen atoms in total. The van der Waals surface area contributed by atoms with E-state index >= 15 is 0 Å². The number of ether oxygens (including phenoxy) is 2. The van der Waals surface area contributed by atoms with Gasteiger partial charge in [-0.25, -0.2) is 14.6 Å². The van der Waals surface area contributed by atoms with Gasteiger partial charge in [-0.05, 0) is 39.7 Å². The Morgan fingerprint density at radius 2 is 1.97 bits per heavy atom. The number of amides is 2. The molecule has 1 N–H and O–H groups in total. The van der Waals surface area contributed by atoms with E-state index in [4.69, 9.17) is 9.47 Å². The Bertz CT molecular complexity index is 927. The smallest absolute Gasteiger partial charge is 0.408 e. The Kier molecular flexibility index (Phi) is 7.50. The Hall–Kier alpha value is -2.94. The number of hydrogen-bond acceptors (Lipinski definition) is 7. The molecular weight excluding hydrogens is 430 g/mol. The molecular formula is C23H29N3O5S. The first-order valence-electron chi connectivity index (χ1n) is 10.5. The first-order chi connectivity index (χ1) is 15.2. The molecule has 0 bridgehead atoms. The molecule has 1 fully saturated rings. The Balaban J connectivity index is 1.73. The average molecular weight is 460 g/mol. The molecule has 3 atom stereocenters. The van der Waals surface area contributed by atoms with Gasteiger partial charge in [0.15, 0.2) is 0 Å². The third-order valence-corrected chi connectivity index (χ3v) is 5.69. The van der Waals surface area contributed by atoms with Crippen LogP contribution in [0.5, 0.6) is 0 Å². The summed E-state index contributed by atoms with van der Waals surface area (Å²) in [6.07, 6.45) is -0.100. The van der Waals surface area contributed by atoms with E-state index in [1.165, 1.54) is 16.2 Å². The van der Waals surface area contributed by atoms with Crippen LogP contribution < -0.4 is 5.32 Å². The fourth-order valence-corrected chi connectivity index (χ4v) is 4.27. The highest BCUT2D eigenvalue weighted by Gasteiger charge is 2.45. The zero-order chi connectivity index (χ0) is 23.3. The molecule has 0 saturated carbocycles. The van der Waals surface area contributed by atoms with E-state index < -0.39 is 29.7 Å². The lowest BCUT2D eigenvalue weighted by molar-refractivity contribution is -0.155. The summed E-state index contributed by atoms with van der Waals surface area (Å²) >= 11 is 1.44. The number of carbonyl (C=O) groups is 3. The minimum Gasteiger partial charge on any atom is -0.459 e. The number of carbonyl (C=O) groups excluding carboxylic acids is 3. The summed E-state index contributed by atoms with van der Waals surface area (Å²) in [6, 6.07) is 7.71. The number of benzene rings is 1. The molecule has 1 aromatic carbocycles. The second-order valence-corrected chi connectivity index (χ2v) is 9.46. The second-order valence-electron chi connectivity index (χ2n) is 8.75. The third-order valence-electron chi connectivity index (χ3n) is 5.08. The minimum absolute atomic E-state index is 0.119. The maximum atomic E-state index is 13.2. The molecule has 2 aromatic rings. The number of thiazole rings is 1. The highest BCUT2D eigenvalue weighted by atomic mass is 32.1. The predicted octanol–water partition coefficient (Wildman–Crippen LogP) is 3.48. The molecule has 2 amide bonds. The Morgan fingerprint density at radius 1 is 1.25 bits per heavy atom. The predicted molar refractivity (Wildman–Crippen MR) is 120 cm³/mol. The van der Waals surface area contributed by atoms with Gasteiger partial charge in [-0.15, -0.1) is 11.3 Å². The van der Waals surface area contributed by atoms with Crippen molar-refractivity contribution >= 4 is 29.3 Å². The second kappa shape index (κ2) is 10.1. The van der Waals surface area contributed by atoms with Gasteiger partial charge < -0.3 is 19.7 Å². The molecule has 0 spiro atoms. The van der Waals surface area contributed by atoms with E-state index in [-0.39, 0.29) is 18.4 Å². The van der Waals surface area contributed by atoms with Gasteiger partial charge in [0, 0.05) is 17.8 Å². The lowest BCUT2D eigenvalue weighted by Gasteiger charge is -2.29. The van der Waals surface area contributed by atoms with Crippen molar-refractivity contribution in [1.29, 1.82) is 0 Å². The fraction of sp³-hybridized carbons (Fsp3) is 0.478. The average Bonchev–Trinajstić information content (AvgIpc) is 3.40. The normalized spacial score (nSPS) is 19.3. The molecule has 1 aliphatic rings.